The summed E-state index contributed by atoms with van der Waals surface area (Å²) < 4.78 is 11.0. The molecule has 0 aromatic carbocycles. The number of nitrogens with one attached hydrogen (secondary N) is 1. The molecule has 5 nitrogen and oxygen atoms in total. The fourth-order valence-corrected chi connectivity index (χ4v) is 2.89. The fraction of sp³-hybridized carbons (Fsp3) is 1.00. The highest BCUT2D eigenvalue weighted by Crippen LogP contribution is 2.14. The third-order valence-corrected chi connectivity index (χ3v) is 4.29. The van der Waals surface area contributed by atoms with Crippen molar-refractivity contribution in [3.63, 3.8) is 0 Å². The average molecular weight is 286 g/mol. The lowest BCUT2D eigenvalue weighted by Gasteiger charge is -2.29. The maximum absolute atomic E-state index is 9.86. The van der Waals surface area contributed by atoms with Crippen molar-refractivity contribution in [3.05, 3.63) is 0 Å². The zero-order valence-corrected chi connectivity index (χ0v) is 12.7. The van der Waals surface area contributed by atoms with Crippen LogP contribution in [0.5, 0.6) is 0 Å². The molecule has 0 aromatic heterocycles. The van der Waals surface area contributed by atoms with Gasteiger partial charge in [-0.3, -0.25) is 0 Å². The minimum absolute atomic E-state index is 0.245. The van der Waals surface area contributed by atoms with E-state index in [0.29, 0.717) is 19.8 Å². The van der Waals surface area contributed by atoms with E-state index in [2.05, 4.69) is 17.3 Å². The van der Waals surface area contributed by atoms with E-state index in [9.17, 15) is 5.11 Å². The lowest BCUT2D eigenvalue weighted by atomic mass is 9.97. The van der Waals surface area contributed by atoms with Gasteiger partial charge in [0.1, 0.15) is 0 Å². The van der Waals surface area contributed by atoms with Gasteiger partial charge in [0.2, 0.25) is 0 Å². The van der Waals surface area contributed by atoms with Gasteiger partial charge in [0.25, 0.3) is 0 Å². The maximum atomic E-state index is 9.86. The summed E-state index contributed by atoms with van der Waals surface area (Å²) in [6, 6.07) is 0. The SMILES string of the molecule is CN1CCC(CNCC(O)COCC2CCCO2)CC1. The summed E-state index contributed by atoms with van der Waals surface area (Å²) in [5.74, 6) is 0.756. The van der Waals surface area contributed by atoms with Crippen molar-refractivity contribution in [1.29, 1.82) is 0 Å². The number of ether oxygens (including phenoxy) is 2. The van der Waals surface area contributed by atoms with Crippen LogP contribution in [0.3, 0.4) is 0 Å². The van der Waals surface area contributed by atoms with E-state index < -0.39 is 6.10 Å². The third kappa shape index (κ3) is 6.06. The first-order valence-corrected chi connectivity index (χ1v) is 8.00. The molecule has 2 fully saturated rings. The Hall–Kier alpha value is -0.200. The molecule has 0 bridgehead atoms. The van der Waals surface area contributed by atoms with Gasteiger partial charge in [-0.2, -0.15) is 0 Å². The normalized spacial score (nSPS) is 27.0. The smallest absolute Gasteiger partial charge is 0.0897 e. The molecule has 20 heavy (non-hydrogen) atoms. The van der Waals surface area contributed by atoms with Gasteiger partial charge in [-0.05, 0) is 58.3 Å². The van der Waals surface area contributed by atoms with Crippen LogP contribution in [0, 0.1) is 5.92 Å². The summed E-state index contributed by atoms with van der Waals surface area (Å²) in [6.45, 7) is 5.90. The topological polar surface area (TPSA) is 54.0 Å². The third-order valence-electron chi connectivity index (χ3n) is 4.29. The minimum atomic E-state index is -0.414. The van der Waals surface area contributed by atoms with Gasteiger partial charge in [0.05, 0.1) is 25.4 Å². The molecule has 0 spiro atoms. The molecule has 2 atom stereocenters. The van der Waals surface area contributed by atoms with Gasteiger partial charge in [-0.1, -0.05) is 0 Å². The maximum Gasteiger partial charge on any atom is 0.0897 e. The average Bonchev–Trinajstić information content (AvgIpc) is 2.94. The lowest BCUT2D eigenvalue weighted by molar-refractivity contribution is -0.0166. The Morgan fingerprint density at radius 3 is 2.85 bits per heavy atom. The molecule has 118 valence electrons. The zero-order valence-electron chi connectivity index (χ0n) is 12.7. The van der Waals surface area contributed by atoms with Crippen molar-refractivity contribution < 1.29 is 14.6 Å². The highest BCUT2D eigenvalue weighted by atomic mass is 16.5. The van der Waals surface area contributed by atoms with Gasteiger partial charge in [-0.15, -0.1) is 0 Å². The number of piperidine rings is 1. The number of aliphatic hydroxyl groups is 1. The second-order valence-electron chi connectivity index (χ2n) is 6.23. The van der Waals surface area contributed by atoms with Crippen LogP contribution in [0.25, 0.3) is 0 Å². The molecule has 0 radical (unpaired) electrons. The van der Waals surface area contributed by atoms with Gasteiger partial charge in [-0.25, -0.2) is 0 Å². The van der Waals surface area contributed by atoms with Gasteiger partial charge >= 0.3 is 0 Å². The van der Waals surface area contributed by atoms with Crippen molar-refractivity contribution >= 4 is 0 Å². The molecule has 0 amide bonds. The molecule has 0 saturated carbocycles. The summed E-state index contributed by atoms with van der Waals surface area (Å²) in [4.78, 5) is 2.38. The number of nitrogens with zero attached hydrogens (tertiary/aromatic N) is 1. The predicted molar refractivity (Wildman–Crippen MR) is 78.9 cm³/mol. The Labute approximate surface area is 122 Å². The number of aliphatic hydroxyl groups excluding tert-OH is 1. The molecular weight excluding hydrogens is 256 g/mol. The van der Waals surface area contributed by atoms with Crippen molar-refractivity contribution in [3.8, 4) is 0 Å². The molecular formula is C15H30N2O3. The van der Waals surface area contributed by atoms with Gasteiger partial charge in [0, 0.05) is 13.2 Å². The summed E-state index contributed by atoms with van der Waals surface area (Å²) in [5.41, 5.74) is 0. The Morgan fingerprint density at radius 2 is 2.15 bits per heavy atom. The molecule has 2 N–H and O–H groups in total. The Morgan fingerprint density at radius 1 is 1.35 bits per heavy atom. The highest BCUT2D eigenvalue weighted by Gasteiger charge is 2.17. The summed E-state index contributed by atoms with van der Waals surface area (Å²) >= 11 is 0. The van der Waals surface area contributed by atoms with Crippen LogP contribution >= 0.6 is 0 Å². The first-order valence-electron chi connectivity index (χ1n) is 8.00. The zero-order chi connectivity index (χ0) is 14.2. The number of rotatable bonds is 8. The van der Waals surface area contributed by atoms with E-state index in [0.717, 1.165) is 31.9 Å². The second kappa shape index (κ2) is 8.95. The Kier molecular flexibility index (Phi) is 7.24. The molecule has 0 aliphatic carbocycles. The molecule has 2 unspecified atom stereocenters. The van der Waals surface area contributed by atoms with Crippen LogP contribution in [-0.4, -0.2) is 75.3 Å². The van der Waals surface area contributed by atoms with E-state index in [-0.39, 0.29) is 6.10 Å². The van der Waals surface area contributed by atoms with Crippen LogP contribution in [-0.2, 0) is 9.47 Å². The van der Waals surface area contributed by atoms with Crippen molar-refractivity contribution in [2.24, 2.45) is 5.92 Å². The van der Waals surface area contributed by atoms with E-state index in [4.69, 9.17) is 9.47 Å². The van der Waals surface area contributed by atoms with Gasteiger partial charge < -0.3 is 24.8 Å². The van der Waals surface area contributed by atoms with Crippen LogP contribution < -0.4 is 5.32 Å². The predicted octanol–water partition coefficient (Wildman–Crippen LogP) is 0.474. The highest BCUT2D eigenvalue weighted by molar-refractivity contribution is 4.72. The Balaban J connectivity index is 1.44. The standard InChI is InChI=1S/C15H30N2O3/c1-17-6-4-13(5-7-17)9-16-10-14(18)11-19-12-15-3-2-8-20-15/h13-16,18H,2-12H2,1H3. The quantitative estimate of drug-likeness (QED) is 0.679. The summed E-state index contributed by atoms with van der Waals surface area (Å²) in [6.07, 6.45) is 4.57. The van der Waals surface area contributed by atoms with Crippen LogP contribution in [0.4, 0.5) is 0 Å². The number of hydrogen-bond donors (Lipinski definition) is 2. The van der Waals surface area contributed by atoms with Crippen molar-refractivity contribution in [2.75, 3.05) is 53.0 Å². The van der Waals surface area contributed by atoms with Gasteiger partial charge in [0.15, 0.2) is 0 Å². The van der Waals surface area contributed by atoms with Crippen LogP contribution in [0.2, 0.25) is 0 Å². The second-order valence-corrected chi connectivity index (χ2v) is 6.23. The summed E-state index contributed by atoms with van der Waals surface area (Å²) in [5, 5.41) is 13.2. The van der Waals surface area contributed by atoms with Crippen LogP contribution in [0.1, 0.15) is 25.7 Å². The first-order chi connectivity index (χ1) is 9.74. The first kappa shape index (κ1) is 16.2. The molecule has 2 heterocycles. The number of likely N-dealkylation sites (tertiary alicyclic amines) is 1. The van der Waals surface area contributed by atoms with E-state index in [1.807, 2.05) is 0 Å². The van der Waals surface area contributed by atoms with Crippen molar-refractivity contribution in [1.82, 2.24) is 10.2 Å². The lowest BCUT2D eigenvalue weighted by Crippen LogP contribution is -2.38. The monoisotopic (exact) mass is 286 g/mol. The van der Waals surface area contributed by atoms with E-state index >= 15 is 0 Å². The summed E-state index contributed by atoms with van der Waals surface area (Å²) in [7, 11) is 2.18. The molecule has 2 rings (SSSR count). The Bertz CT molecular complexity index is 252. The molecule has 2 aliphatic rings. The molecule has 2 aliphatic heterocycles. The van der Waals surface area contributed by atoms with E-state index in [1.54, 1.807) is 0 Å². The molecule has 0 aromatic rings. The van der Waals surface area contributed by atoms with Crippen LogP contribution in [0.15, 0.2) is 0 Å². The molecule has 2 saturated heterocycles. The minimum Gasteiger partial charge on any atom is -0.389 e. The van der Waals surface area contributed by atoms with E-state index in [1.165, 1.54) is 25.9 Å². The molecule has 5 heteroatoms. The largest absolute Gasteiger partial charge is 0.389 e. The van der Waals surface area contributed by atoms with Crippen molar-refractivity contribution in [2.45, 2.75) is 37.9 Å². The fourth-order valence-electron chi connectivity index (χ4n) is 2.89. The number of hydrogen-bond acceptors (Lipinski definition) is 5.